The highest BCUT2D eigenvalue weighted by molar-refractivity contribution is 7.89. The van der Waals surface area contributed by atoms with Crippen molar-refractivity contribution in [2.45, 2.75) is 43.3 Å². The van der Waals surface area contributed by atoms with E-state index in [4.69, 9.17) is 9.47 Å². The maximum absolute atomic E-state index is 12.7. The fourth-order valence-corrected chi connectivity index (χ4v) is 5.18. The monoisotopic (exact) mass is 325 g/mol. The van der Waals surface area contributed by atoms with Crippen molar-refractivity contribution in [3.8, 4) is 0 Å². The Morgan fingerprint density at radius 1 is 1.23 bits per heavy atom. The van der Waals surface area contributed by atoms with E-state index in [0.717, 1.165) is 24.0 Å². The van der Waals surface area contributed by atoms with Gasteiger partial charge in [-0.3, -0.25) is 0 Å². The van der Waals surface area contributed by atoms with Gasteiger partial charge >= 0.3 is 0 Å². The Morgan fingerprint density at radius 3 is 2.45 bits per heavy atom. The highest BCUT2D eigenvalue weighted by atomic mass is 32.2. The second kappa shape index (κ2) is 5.60. The summed E-state index contributed by atoms with van der Waals surface area (Å²) >= 11 is 0. The van der Waals surface area contributed by atoms with Gasteiger partial charge in [-0.25, -0.2) is 8.42 Å². The van der Waals surface area contributed by atoms with E-state index in [1.54, 1.807) is 19.2 Å². The Kier molecular flexibility index (Phi) is 4.05. The van der Waals surface area contributed by atoms with Gasteiger partial charge in [-0.2, -0.15) is 4.31 Å². The molecule has 2 aliphatic rings. The molecule has 1 aromatic rings. The zero-order chi connectivity index (χ0) is 16.0. The lowest BCUT2D eigenvalue weighted by atomic mass is 9.86. The summed E-state index contributed by atoms with van der Waals surface area (Å²) in [5.74, 6) is 0. The van der Waals surface area contributed by atoms with Gasteiger partial charge in [0.15, 0.2) is 0 Å². The van der Waals surface area contributed by atoms with E-state index in [1.165, 1.54) is 4.31 Å². The van der Waals surface area contributed by atoms with Gasteiger partial charge in [-0.05, 0) is 43.5 Å². The van der Waals surface area contributed by atoms with Crippen LogP contribution in [-0.4, -0.2) is 51.2 Å². The number of benzene rings is 1. The summed E-state index contributed by atoms with van der Waals surface area (Å²) in [4.78, 5) is 0.374. The second-order valence-electron chi connectivity index (χ2n) is 6.48. The van der Waals surface area contributed by atoms with Crippen LogP contribution in [0.3, 0.4) is 0 Å². The number of hydrogen-bond donors (Lipinski definition) is 0. The SMILES string of the molecule is CO[C@H]1CCOC2(C1)CN(S(=O)(=O)c1cc(C)cc(C)c1)C2. The third kappa shape index (κ3) is 2.80. The average Bonchev–Trinajstić information content (AvgIpc) is 2.43. The van der Waals surface area contributed by atoms with Gasteiger partial charge in [0.25, 0.3) is 0 Å². The molecular formula is C16H23NO4S. The van der Waals surface area contributed by atoms with Crippen LogP contribution in [0.25, 0.3) is 0 Å². The van der Waals surface area contributed by atoms with Crippen molar-refractivity contribution in [1.82, 2.24) is 4.31 Å². The summed E-state index contributed by atoms with van der Waals surface area (Å²) in [7, 11) is -1.73. The first-order valence-corrected chi connectivity index (χ1v) is 9.04. The maximum atomic E-state index is 12.7. The van der Waals surface area contributed by atoms with Gasteiger partial charge in [0.1, 0.15) is 0 Å². The van der Waals surface area contributed by atoms with Crippen molar-refractivity contribution in [2.24, 2.45) is 0 Å². The van der Waals surface area contributed by atoms with Crippen LogP contribution in [0.2, 0.25) is 0 Å². The Morgan fingerprint density at radius 2 is 1.86 bits per heavy atom. The molecule has 2 fully saturated rings. The largest absolute Gasteiger partial charge is 0.381 e. The predicted molar refractivity (Wildman–Crippen MR) is 83.4 cm³/mol. The van der Waals surface area contributed by atoms with Crippen molar-refractivity contribution in [2.75, 3.05) is 26.8 Å². The number of aryl methyl sites for hydroxylation is 2. The predicted octanol–water partition coefficient (Wildman–Crippen LogP) is 1.87. The Hall–Kier alpha value is -0.950. The smallest absolute Gasteiger partial charge is 0.243 e. The van der Waals surface area contributed by atoms with Crippen LogP contribution in [0.5, 0.6) is 0 Å². The van der Waals surface area contributed by atoms with Crippen LogP contribution in [0, 0.1) is 13.8 Å². The normalized spacial score (nSPS) is 25.1. The summed E-state index contributed by atoms with van der Waals surface area (Å²) < 4.78 is 38.3. The van der Waals surface area contributed by atoms with Crippen LogP contribution in [0.15, 0.2) is 23.1 Å². The Labute approximate surface area is 132 Å². The van der Waals surface area contributed by atoms with Gasteiger partial charge in [0.05, 0.1) is 16.6 Å². The van der Waals surface area contributed by atoms with Gasteiger partial charge < -0.3 is 9.47 Å². The first kappa shape index (κ1) is 15.9. The summed E-state index contributed by atoms with van der Waals surface area (Å²) in [6.45, 7) is 5.30. The van der Waals surface area contributed by atoms with Gasteiger partial charge in [-0.1, -0.05) is 6.07 Å². The fourth-order valence-electron chi connectivity index (χ4n) is 3.40. The van der Waals surface area contributed by atoms with Crippen molar-refractivity contribution in [3.05, 3.63) is 29.3 Å². The highest BCUT2D eigenvalue weighted by Crippen LogP contribution is 2.38. The van der Waals surface area contributed by atoms with E-state index >= 15 is 0 Å². The molecule has 5 nitrogen and oxygen atoms in total. The molecular weight excluding hydrogens is 302 g/mol. The lowest BCUT2D eigenvalue weighted by Gasteiger charge is -2.52. The minimum absolute atomic E-state index is 0.166. The quantitative estimate of drug-likeness (QED) is 0.851. The molecule has 22 heavy (non-hydrogen) atoms. The number of ether oxygens (including phenoxy) is 2. The maximum Gasteiger partial charge on any atom is 0.243 e. The number of rotatable bonds is 3. The molecule has 0 unspecified atom stereocenters. The van der Waals surface area contributed by atoms with Gasteiger partial charge in [0, 0.05) is 33.2 Å². The van der Waals surface area contributed by atoms with Crippen LogP contribution >= 0.6 is 0 Å². The van der Waals surface area contributed by atoms with Crippen LogP contribution < -0.4 is 0 Å². The molecule has 0 radical (unpaired) electrons. The minimum Gasteiger partial charge on any atom is -0.381 e. The summed E-state index contributed by atoms with van der Waals surface area (Å²) in [6, 6.07) is 5.43. The standard InChI is InChI=1S/C16H23NO4S/c1-12-6-13(2)8-15(7-12)22(18,19)17-10-16(11-17)9-14(20-3)4-5-21-16/h6-8,14H,4-5,9-11H2,1-3H3/t14-/m0/s1. The third-order valence-corrected chi connectivity index (χ3v) is 6.31. The lowest BCUT2D eigenvalue weighted by molar-refractivity contribution is -0.173. The first-order chi connectivity index (χ1) is 10.3. The van der Waals surface area contributed by atoms with Crippen molar-refractivity contribution < 1.29 is 17.9 Å². The fraction of sp³-hybridized carbons (Fsp3) is 0.625. The second-order valence-corrected chi connectivity index (χ2v) is 8.42. The van der Waals surface area contributed by atoms with E-state index < -0.39 is 10.0 Å². The zero-order valence-corrected chi connectivity index (χ0v) is 14.1. The molecule has 0 aliphatic carbocycles. The molecule has 0 aromatic heterocycles. The molecule has 6 heteroatoms. The summed E-state index contributed by atoms with van der Waals surface area (Å²) in [5.41, 5.74) is 1.56. The van der Waals surface area contributed by atoms with E-state index in [-0.39, 0.29) is 11.7 Å². The molecule has 1 aromatic carbocycles. The topological polar surface area (TPSA) is 55.8 Å². The molecule has 2 aliphatic heterocycles. The zero-order valence-electron chi connectivity index (χ0n) is 13.3. The van der Waals surface area contributed by atoms with Gasteiger partial charge in [-0.15, -0.1) is 0 Å². The van der Waals surface area contributed by atoms with Crippen molar-refractivity contribution in [1.29, 1.82) is 0 Å². The van der Waals surface area contributed by atoms with Crippen LogP contribution in [0.1, 0.15) is 24.0 Å². The molecule has 1 spiro atoms. The number of sulfonamides is 1. The first-order valence-electron chi connectivity index (χ1n) is 7.60. The molecule has 0 saturated carbocycles. The number of hydrogen-bond acceptors (Lipinski definition) is 4. The molecule has 1 atom stereocenters. The Bertz CT molecular complexity index is 644. The summed E-state index contributed by atoms with van der Waals surface area (Å²) in [6.07, 6.45) is 1.81. The summed E-state index contributed by atoms with van der Waals surface area (Å²) in [5, 5.41) is 0. The average molecular weight is 325 g/mol. The molecule has 122 valence electrons. The number of methoxy groups -OCH3 is 1. The minimum atomic E-state index is -3.43. The van der Waals surface area contributed by atoms with Crippen LogP contribution in [0.4, 0.5) is 0 Å². The molecule has 0 N–H and O–H groups in total. The van der Waals surface area contributed by atoms with Crippen molar-refractivity contribution >= 4 is 10.0 Å². The van der Waals surface area contributed by atoms with E-state index in [9.17, 15) is 8.42 Å². The van der Waals surface area contributed by atoms with Crippen molar-refractivity contribution in [3.63, 3.8) is 0 Å². The van der Waals surface area contributed by atoms with E-state index in [0.29, 0.717) is 24.6 Å². The lowest BCUT2D eigenvalue weighted by Crippen LogP contribution is -2.67. The van der Waals surface area contributed by atoms with Crippen LogP contribution in [-0.2, 0) is 19.5 Å². The molecule has 0 amide bonds. The van der Waals surface area contributed by atoms with E-state index in [1.807, 2.05) is 19.9 Å². The Balaban J connectivity index is 1.76. The third-order valence-electron chi connectivity index (χ3n) is 4.54. The number of nitrogens with zero attached hydrogens (tertiary/aromatic N) is 1. The molecule has 2 saturated heterocycles. The highest BCUT2D eigenvalue weighted by Gasteiger charge is 2.52. The molecule has 3 rings (SSSR count). The molecule has 0 bridgehead atoms. The van der Waals surface area contributed by atoms with E-state index in [2.05, 4.69) is 0 Å². The molecule has 2 heterocycles. The van der Waals surface area contributed by atoms with Gasteiger partial charge in [0.2, 0.25) is 10.0 Å².